The van der Waals surface area contributed by atoms with Crippen molar-refractivity contribution < 1.29 is 19.4 Å². The lowest BCUT2D eigenvalue weighted by molar-refractivity contribution is 0.0799. The molecule has 4 aromatic rings. The van der Waals surface area contributed by atoms with Crippen LogP contribution >= 0.6 is 11.3 Å². The fourth-order valence-corrected chi connectivity index (χ4v) is 5.65. The molecule has 1 aliphatic heterocycles. The molecule has 39 heavy (non-hydrogen) atoms. The number of fused-ring (bicyclic) bond motifs is 1. The van der Waals surface area contributed by atoms with E-state index in [1.165, 1.54) is 11.3 Å². The van der Waals surface area contributed by atoms with E-state index in [4.69, 9.17) is 9.47 Å². The predicted molar refractivity (Wildman–Crippen MR) is 157 cm³/mol. The number of aromatic amines is 1. The van der Waals surface area contributed by atoms with Crippen molar-refractivity contribution in [3.8, 4) is 11.5 Å². The molecule has 2 aromatic carbocycles. The molecule has 1 amide bonds. The molecule has 5 rings (SSSR count). The normalized spacial score (nSPS) is 14.7. The Morgan fingerprint density at radius 1 is 1.21 bits per heavy atom. The molecule has 2 aromatic heterocycles. The van der Waals surface area contributed by atoms with Gasteiger partial charge in [0.25, 0.3) is 5.91 Å². The second-order valence-electron chi connectivity index (χ2n) is 9.71. The summed E-state index contributed by atoms with van der Waals surface area (Å²) < 4.78 is 12.0. The lowest BCUT2D eigenvalue weighted by atomic mass is 10.1. The first kappa shape index (κ1) is 26.9. The molecular weight excluding hydrogens is 512 g/mol. The highest BCUT2D eigenvalue weighted by atomic mass is 32.1. The molecule has 0 aliphatic carbocycles. The molecule has 0 spiro atoms. The van der Waals surface area contributed by atoms with Crippen molar-refractivity contribution in [2.45, 2.75) is 32.3 Å². The van der Waals surface area contributed by atoms with Crippen molar-refractivity contribution in [3.05, 3.63) is 69.5 Å². The number of aliphatic hydroxyl groups is 1. The van der Waals surface area contributed by atoms with Crippen LogP contribution in [0.25, 0.3) is 23.1 Å². The number of aliphatic hydroxyl groups excluding tert-OH is 1. The third kappa shape index (κ3) is 6.33. The fourth-order valence-electron chi connectivity index (χ4n) is 4.83. The molecule has 0 radical (unpaired) electrons. The zero-order chi connectivity index (χ0) is 27.2. The molecule has 8 nitrogen and oxygen atoms in total. The summed E-state index contributed by atoms with van der Waals surface area (Å²) in [7, 11) is 1.59. The summed E-state index contributed by atoms with van der Waals surface area (Å²) in [5, 5.41) is 23.2. The van der Waals surface area contributed by atoms with Crippen LogP contribution in [-0.4, -0.2) is 65.6 Å². The van der Waals surface area contributed by atoms with Crippen molar-refractivity contribution in [3.63, 3.8) is 0 Å². The van der Waals surface area contributed by atoms with Crippen molar-refractivity contribution in [1.29, 1.82) is 0 Å². The standard InChI is InChI=1S/C30H34N4O4S/c1-20-14-19-39-29(20)30(36)31-27-21(8-10-25-23-6-3-4-7-24(23)32-33-25)9-11-26(28(27)37-2)38-18-5-15-34-16-12-22(35)13-17-34/h3-4,6-11,14,19,22,35H,5,12-13,15-18H2,1-2H3,(H,31,36)(H,32,33)/b10-8+. The van der Waals surface area contributed by atoms with Gasteiger partial charge < -0.3 is 24.8 Å². The average molecular weight is 547 g/mol. The Morgan fingerprint density at radius 3 is 2.79 bits per heavy atom. The van der Waals surface area contributed by atoms with Crippen LogP contribution in [0.1, 0.15) is 45.8 Å². The number of nitrogens with one attached hydrogen (secondary N) is 2. The molecule has 0 atom stereocenters. The summed E-state index contributed by atoms with van der Waals surface area (Å²) in [5.41, 5.74) is 4.02. The van der Waals surface area contributed by atoms with Gasteiger partial charge in [-0.15, -0.1) is 11.3 Å². The molecule has 1 saturated heterocycles. The van der Waals surface area contributed by atoms with Crippen molar-refractivity contribution in [1.82, 2.24) is 15.1 Å². The number of para-hydroxylation sites is 1. The predicted octanol–water partition coefficient (Wildman–Crippen LogP) is 5.59. The highest BCUT2D eigenvalue weighted by molar-refractivity contribution is 7.12. The number of thiophene rings is 1. The quantitative estimate of drug-likeness (QED) is 0.224. The Hall–Kier alpha value is -3.66. The summed E-state index contributed by atoms with van der Waals surface area (Å²) in [5.74, 6) is 0.866. The first-order valence-electron chi connectivity index (χ1n) is 13.2. The van der Waals surface area contributed by atoms with Crippen LogP contribution in [0.4, 0.5) is 5.69 Å². The summed E-state index contributed by atoms with van der Waals surface area (Å²) in [6, 6.07) is 13.7. The van der Waals surface area contributed by atoms with Gasteiger partial charge in [0.15, 0.2) is 11.5 Å². The van der Waals surface area contributed by atoms with Gasteiger partial charge >= 0.3 is 0 Å². The molecule has 0 unspecified atom stereocenters. The van der Waals surface area contributed by atoms with Gasteiger partial charge in [-0.2, -0.15) is 5.10 Å². The second kappa shape index (κ2) is 12.5. The van der Waals surface area contributed by atoms with Gasteiger partial charge in [-0.1, -0.05) is 24.3 Å². The number of ether oxygens (including phenoxy) is 2. The summed E-state index contributed by atoms with van der Waals surface area (Å²) >= 11 is 1.41. The highest BCUT2D eigenvalue weighted by Gasteiger charge is 2.20. The number of aryl methyl sites for hydroxylation is 1. The van der Waals surface area contributed by atoms with E-state index >= 15 is 0 Å². The number of anilines is 1. The van der Waals surface area contributed by atoms with E-state index in [2.05, 4.69) is 20.4 Å². The molecule has 3 heterocycles. The number of hydrogen-bond acceptors (Lipinski definition) is 7. The first-order valence-corrected chi connectivity index (χ1v) is 14.1. The molecule has 0 saturated carbocycles. The topological polar surface area (TPSA) is 99.7 Å². The minimum atomic E-state index is -0.190. The Kier molecular flexibility index (Phi) is 8.61. The largest absolute Gasteiger partial charge is 0.491 e. The van der Waals surface area contributed by atoms with E-state index < -0.39 is 0 Å². The Morgan fingerprint density at radius 2 is 2.03 bits per heavy atom. The van der Waals surface area contributed by atoms with Crippen LogP contribution in [0.15, 0.2) is 47.8 Å². The number of hydrogen-bond donors (Lipinski definition) is 3. The van der Waals surface area contributed by atoms with Crippen molar-refractivity contribution >= 4 is 46.0 Å². The summed E-state index contributed by atoms with van der Waals surface area (Å²) in [6.07, 6.45) is 6.18. The van der Waals surface area contributed by atoms with Gasteiger partial charge in [0.1, 0.15) is 0 Å². The Bertz CT molecular complexity index is 1450. The van der Waals surface area contributed by atoms with E-state index in [1.807, 2.05) is 66.9 Å². The van der Waals surface area contributed by atoms with E-state index in [9.17, 15) is 9.90 Å². The third-order valence-corrected chi connectivity index (χ3v) is 8.03. The maximum Gasteiger partial charge on any atom is 0.266 e. The van der Waals surface area contributed by atoms with Gasteiger partial charge in [0.05, 0.1) is 41.6 Å². The maximum absolute atomic E-state index is 13.2. The number of amides is 1. The van der Waals surface area contributed by atoms with Gasteiger partial charge in [-0.25, -0.2) is 0 Å². The third-order valence-electron chi connectivity index (χ3n) is 7.02. The van der Waals surface area contributed by atoms with Gasteiger partial charge in [-0.3, -0.25) is 9.89 Å². The number of H-pyrrole nitrogens is 1. The van der Waals surface area contributed by atoms with Gasteiger partial charge in [0.2, 0.25) is 0 Å². The Labute approximate surface area is 232 Å². The number of likely N-dealkylation sites (tertiary alicyclic amines) is 1. The maximum atomic E-state index is 13.2. The molecule has 1 aliphatic rings. The van der Waals surface area contributed by atoms with Crippen molar-refractivity contribution in [2.75, 3.05) is 38.7 Å². The van der Waals surface area contributed by atoms with E-state index in [1.54, 1.807) is 7.11 Å². The number of methoxy groups -OCH3 is 1. The summed E-state index contributed by atoms with van der Waals surface area (Å²) in [6.45, 7) is 5.18. The average Bonchev–Trinajstić information content (AvgIpc) is 3.57. The van der Waals surface area contributed by atoms with Crippen molar-refractivity contribution in [2.24, 2.45) is 0 Å². The number of benzene rings is 2. The van der Waals surface area contributed by atoms with Gasteiger partial charge in [-0.05, 0) is 67.5 Å². The SMILES string of the molecule is COc1c(OCCCN2CCC(O)CC2)ccc(/C=C/c2n[nH]c3ccccc23)c1NC(=O)c1sccc1C. The van der Waals surface area contributed by atoms with E-state index in [-0.39, 0.29) is 12.0 Å². The summed E-state index contributed by atoms with van der Waals surface area (Å²) in [4.78, 5) is 16.2. The zero-order valence-corrected chi connectivity index (χ0v) is 23.1. The number of carbonyl (C=O) groups excluding carboxylic acids is 1. The minimum Gasteiger partial charge on any atom is -0.491 e. The number of rotatable bonds is 10. The smallest absolute Gasteiger partial charge is 0.266 e. The molecule has 204 valence electrons. The lowest BCUT2D eigenvalue weighted by Crippen LogP contribution is -2.36. The van der Waals surface area contributed by atoms with Crippen LogP contribution < -0.4 is 14.8 Å². The number of aromatic nitrogens is 2. The molecular formula is C30H34N4O4S. The molecule has 3 N–H and O–H groups in total. The zero-order valence-electron chi connectivity index (χ0n) is 22.3. The minimum absolute atomic E-state index is 0.173. The number of nitrogens with zero attached hydrogens (tertiary/aromatic N) is 2. The van der Waals surface area contributed by atoms with E-state index in [0.29, 0.717) is 28.7 Å². The second-order valence-corrected chi connectivity index (χ2v) is 10.6. The van der Waals surface area contributed by atoms with Gasteiger partial charge in [0, 0.05) is 30.6 Å². The molecule has 9 heteroatoms. The van der Waals surface area contributed by atoms with Crippen LogP contribution in [0.3, 0.4) is 0 Å². The van der Waals surface area contributed by atoms with E-state index in [0.717, 1.165) is 66.6 Å². The number of piperidine rings is 1. The molecule has 1 fully saturated rings. The van der Waals surface area contributed by atoms with Crippen LogP contribution in [0.2, 0.25) is 0 Å². The number of carbonyl (C=O) groups is 1. The van der Waals surface area contributed by atoms with Crippen LogP contribution in [-0.2, 0) is 0 Å². The van der Waals surface area contributed by atoms with Crippen LogP contribution in [0.5, 0.6) is 11.5 Å². The monoisotopic (exact) mass is 546 g/mol. The van der Waals surface area contributed by atoms with Crippen LogP contribution in [0, 0.1) is 6.92 Å². The Balaban J connectivity index is 1.38. The highest BCUT2D eigenvalue weighted by Crippen LogP contribution is 2.40. The lowest BCUT2D eigenvalue weighted by Gasteiger charge is -2.29. The molecule has 0 bridgehead atoms. The first-order chi connectivity index (χ1) is 19.0. The fraction of sp³-hybridized carbons (Fsp3) is 0.333.